The minimum Gasteiger partial charge on any atom is -0.495 e. The Morgan fingerprint density at radius 3 is 2.94 bits per heavy atom. The van der Waals surface area contributed by atoms with E-state index in [1.54, 1.807) is 18.2 Å². The summed E-state index contributed by atoms with van der Waals surface area (Å²) in [5.74, 6) is 0.207. The van der Waals surface area contributed by atoms with E-state index in [-0.39, 0.29) is 11.8 Å². The van der Waals surface area contributed by atoms with E-state index in [1.807, 2.05) is 6.07 Å². The van der Waals surface area contributed by atoms with Gasteiger partial charge in [-0.15, -0.1) is 11.6 Å². The van der Waals surface area contributed by atoms with Crippen LogP contribution in [-0.2, 0) is 11.3 Å². The summed E-state index contributed by atoms with van der Waals surface area (Å²) >= 11 is 5.34. The number of halogens is 1. The fourth-order valence-electron chi connectivity index (χ4n) is 1.19. The van der Waals surface area contributed by atoms with Crippen LogP contribution in [-0.4, -0.2) is 18.9 Å². The number of nitriles is 1. The number of benzene rings is 1. The molecule has 0 aromatic heterocycles. The molecule has 16 heavy (non-hydrogen) atoms. The van der Waals surface area contributed by atoms with Gasteiger partial charge in [-0.3, -0.25) is 4.79 Å². The number of alkyl halides is 1. The van der Waals surface area contributed by atoms with Crippen molar-refractivity contribution >= 4 is 17.5 Å². The predicted molar refractivity (Wildman–Crippen MR) is 60.3 cm³/mol. The van der Waals surface area contributed by atoms with Crippen LogP contribution in [0.2, 0.25) is 0 Å². The second kappa shape index (κ2) is 5.99. The van der Waals surface area contributed by atoms with Gasteiger partial charge in [0.05, 0.1) is 12.7 Å². The first-order valence-corrected chi connectivity index (χ1v) is 5.14. The largest absolute Gasteiger partial charge is 0.495 e. The van der Waals surface area contributed by atoms with Gasteiger partial charge in [-0.2, -0.15) is 5.26 Å². The van der Waals surface area contributed by atoms with E-state index in [4.69, 9.17) is 21.6 Å². The molecule has 0 saturated heterocycles. The van der Waals surface area contributed by atoms with Crippen LogP contribution >= 0.6 is 11.6 Å². The number of hydrogen-bond acceptors (Lipinski definition) is 3. The molecule has 0 aliphatic rings. The highest BCUT2D eigenvalue weighted by atomic mass is 35.5. The molecule has 0 bridgehead atoms. The van der Waals surface area contributed by atoms with Gasteiger partial charge in [0, 0.05) is 6.54 Å². The zero-order valence-electron chi connectivity index (χ0n) is 8.79. The van der Waals surface area contributed by atoms with Crippen molar-refractivity contribution in [3.05, 3.63) is 29.3 Å². The molecule has 0 aliphatic heterocycles. The summed E-state index contributed by atoms with van der Waals surface area (Å²) in [4.78, 5) is 10.9. The molecule has 0 atom stereocenters. The molecule has 1 N–H and O–H groups in total. The lowest BCUT2D eigenvalue weighted by molar-refractivity contribution is -0.118. The van der Waals surface area contributed by atoms with Crippen molar-refractivity contribution in [2.24, 2.45) is 0 Å². The number of ether oxygens (including phenoxy) is 1. The normalized spacial score (nSPS) is 9.31. The van der Waals surface area contributed by atoms with Gasteiger partial charge in [0.15, 0.2) is 0 Å². The van der Waals surface area contributed by atoms with E-state index in [0.29, 0.717) is 17.9 Å². The topological polar surface area (TPSA) is 62.1 Å². The Balaban J connectivity index is 2.76. The van der Waals surface area contributed by atoms with Gasteiger partial charge in [0.1, 0.15) is 17.7 Å². The summed E-state index contributed by atoms with van der Waals surface area (Å²) in [5, 5.41) is 11.4. The smallest absolute Gasteiger partial charge is 0.235 e. The van der Waals surface area contributed by atoms with Crippen LogP contribution in [0.5, 0.6) is 5.75 Å². The quantitative estimate of drug-likeness (QED) is 0.807. The van der Waals surface area contributed by atoms with Crippen LogP contribution in [0.1, 0.15) is 11.1 Å². The summed E-state index contributed by atoms with van der Waals surface area (Å²) < 4.78 is 5.05. The first kappa shape index (κ1) is 12.3. The van der Waals surface area contributed by atoms with Crippen LogP contribution in [0.3, 0.4) is 0 Å². The third kappa shape index (κ3) is 3.14. The average Bonchev–Trinajstić information content (AvgIpc) is 2.35. The fourth-order valence-corrected chi connectivity index (χ4v) is 1.28. The standard InChI is InChI=1S/C11H11ClN2O2/c1-16-10-4-8(2-3-9(10)6-13)7-14-11(15)5-12/h2-4H,5,7H2,1H3,(H,14,15). The van der Waals surface area contributed by atoms with Crippen LogP contribution in [0.4, 0.5) is 0 Å². The third-order valence-electron chi connectivity index (χ3n) is 2.00. The Labute approximate surface area is 98.8 Å². The monoisotopic (exact) mass is 238 g/mol. The molecule has 1 amide bonds. The summed E-state index contributed by atoms with van der Waals surface area (Å²) in [5.41, 5.74) is 1.32. The molecule has 0 heterocycles. The lowest BCUT2D eigenvalue weighted by Crippen LogP contribution is -2.23. The van der Waals surface area contributed by atoms with Gasteiger partial charge in [0.2, 0.25) is 5.91 Å². The number of carbonyl (C=O) groups is 1. The Morgan fingerprint density at radius 1 is 1.62 bits per heavy atom. The molecule has 84 valence electrons. The highest BCUT2D eigenvalue weighted by Gasteiger charge is 2.04. The van der Waals surface area contributed by atoms with E-state index in [1.165, 1.54) is 7.11 Å². The molecule has 0 saturated carbocycles. The maximum atomic E-state index is 10.9. The van der Waals surface area contributed by atoms with Crippen molar-refractivity contribution in [1.29, 1.82) is 5.26 Å². The maximum Gasteiger partial charge on any atom is 0.235 e. The van der Waals surface area contributed by atoms with Crippen LogP contribution in [0, 0.1) is 11.3 Å². The maximum absolute atomic E-state index is 10.9. The number of rotatable bonds is 4. The Kier molecular flexibility index (Phi) is 4.62. The summed E-state index contributed by atoms with van der Waals surface area (Å²) in [6.07, 6.45) is 0. The van der Waals surface area contributed by atoms with Gasteiger partial charge < -0.3 is 10.1 Å². The fraction of sp³-hybridized carbons (Fsp3) is 0.273. The van der Waals surface area contributed by atoms with Gasteiger partial charge >= 0.3 is 0 Å². The number of methoxy groups -OCH3 is 1. The first-order valence-electron chi connectivity index (χ1n) is 4.61. The highest BCUT2D eigenvalue weighted by Crippen LogP contribution is 2.18. The van der Waals surface area contributed by atoms with Crippen molar-refractivity contribution in [2.75, 3.05) is 13.0 Å². The Hall–Kier alpha value is -1.73. The SMILES string of the molecule is COc1cc(CNC(=O)CCl)ccc1C#N. The zero-order chi connectivity index (χ0) is 12.0. The second-order valence-corrected chi connectivity index (χ2v) is 3.32. The van der Waals surface area contributed by atoms with Crippen molar-refractivity contribution in [1.82, 2.24) is 5.32 Å². The zero-order valence-corrected chi connectivity index (χ0v) is 9.54. The van der Waals surface area contributed by atoms with Crippen LogP contribution in [0.15, 0.2) is 18.2 Å². The molecular formula is C11H11ClN2O2. The number of carbonyl (C=O) groups excluding carboxylic acids is 1. The van der Waals surface area contributed by atoms with Crippen molar-refractivity contribution in [3.8, 4) is 11.8 Å². The third-order valence-corrected chi connectivity index (χ3v) is 2.24. The molecule has 5 heteroatoms. The minimum absolute atomic E-state index is 0.0621. The van der Waals surface area contributed by atoms with Crippen LogP contribution in [0.25, 0.3) is 0 Å². The molecule has 0 spiro atoms. The number of hydrogen-bond donors (Lipinski definition) is 1. The van der Waals surface area contributed by atoms with Crippen molar-refractivity contribution < 1.29 is 9.53 Å². The molecule has 1 rings (SSSR count). The second-order valence-electron chi connectivity index (χ2n) is 3.06. The number of amides is 1. The molecule has 4 nitrogen and oxygen atoms in total. The van der Waals surface area contributed by atoms with E-state index in [0.717, 1.165) is 5.56 Å². The van der Waals surface area contributed by atoms with E-state index in [9.17, 15) is 4.79 Å². The van der Waals surface area contributed by atoms with Crippen molar-refractivity contribution in [2.45, 2.75) is 6.54 Å². The molecule has 1 aromatic rings. The van der Waals surface area contributed by atoms with Gasteiger partial charge in [-0.25, -0.2) is 0 Å². The van der Waals surface area contributed by atoms with Crippen LogP contribution < -0.4 is 10.1 Å². The van der Waals surface area contributed by atoms with E-state index in [2.05, 4.69) is 5.32 Å². The Bertz CT molecular complexity index is 426. The summed E-state index contributed by atoms with van der Waals surface area (Å²) in [6, 6.07) is 7.14. The lowest BCUT2D eigenvalue weighted by Gasteiger charge is -2.07. The first-order chi connectivity index (χ1) is 7.71. The molecule has 1 aromatic carbocycles. The average molecular weight is 239 g/mol. The Morgan fingerprint density at radius 2 is 2.38 bits per heavy atom. The van der Waals surface area contributed by atoms with Crippen molar-refractivity contribution in [3.63, 3.8) is 0 Å². The van der Waals surface area contributed by atoms with Gasteiger partial charge in [-0.1, -0.05) is 6.07 Å². The van der Waals surface area contributed by atoms with Gasteiger partial charge in [-0.05, 0) is 17.7 Å². The lowest BCUT2D eigenvalue weighted by atomic mass is 10.1. The number of nitrogens with zero attached hydrogens (tertiary/aromatic N) is 1. The summed E-state index contributed by atoms with van der Waals surface area (Å²) in [7, 11) is 1.50. The minimum atomic E-state index is -0.231. The van der Waals surface area contributed by atoms with Gasteiger partial charge in [0.25, 0.3) is 0 Å². The molecule has 0 radical (unpaired) electrons. The highest BCUT2D eigenvalue weighted by molar-refractivity contribution is 6.27. The molecule has 0 unspecified atom stereocenters. The van der Waals surface area contributed by atoms with E-state index < -0.39 is 0 Å². The number of nitrogens with one attached hydrogen (secondary N) is 1. The predicted octanol–water partition coefficient (Wildman–Crippen LogP) is 1.42. The summed E-state index contributed by atoms with van der Waals surface area (Å²) in [6.45, 7) is 0.369. The molecule has 0 aliphatic carbocycles. The molecule has 0 fully saturated rings. The molecular weight excluding hydrogens is 228 g/mol. The van der Waals surface area contributed by atoms with E-state index >= 15 is 0 Å².